The molecule has 1 N–H and O–H groups in total. The van der Waals surface area contributed by atoms with Gasteiger partial charge >= 0.3 is 5.97 Å². The number of hydrogen-bond donors (Lipinski definition) is 1. The van der Waals surface area contributed by atoms with Crippen LogP contribution in [0.1, 0.15) is 19.8 Å². The maximum absolute atomic E-state index is 9.37. The summed E-state index contributed by atoms with van der Waals surface area (Å²) in [6.07, 6.45) is 1.35. The van der Waals surface area contributed by atoms with Crippen LogP contribution in [0.4, 0.5) is 0 Å². The molecular formula is C9H21NO3. The fourth-order valence-electron chi connectivity index (χ4n) is 0.525. The van der Waals surface area contributed by atoms with Crippen molar-refractivity contribution in [3.05, 3.63) is 0 Å². The van der Waals surface area contributed by atoms with Gasteiger partial charge in [-0.1, -0.05) is 6.92 Å². The third kappa shape index (κ3) is 24.6. The van der Waals surface area contributed by atoms with E-state index in [1.165, 1.54) is 0 Å². The molecule has 4 nitrogen and oxygen atoms in total. The van der Waals surface area contributed by atoms with Crippen LogP contribution >= 0.6 is 0 Å². The smallest absolute Gasteiger partial charge is 0.303 e. The highest BCUT2D eigenvalue weighted by atomic mass is 16.5. The third-order valence-corrected chi connectivity index (χ3v) is 1.26. The van der Waals surface area contributed by atoms with Gasteiger partial charge in [0.15, 0.2) is 0 Å². The first-order valence-electron chi connectivity index (χ1n) is 4.40. The number of carbonyl (C=O) groups is 1. The Morgan fingerprint density at radius 3 is 2.15 bits per heavy atom. The number of aliphatic carboxylic acids is 1. The molecule has 0 heterocycles. The van der Waals surface area contributed by atoms with Gasteiger partial charge in [0.2, 0.25) is 0 Å². The van der Waals surface area contributed by atoms with E-state index in [2.05, 4.69) is 19.0 Å². The van der Waals surface area contributed by atoms with E-state index in [1.807, 2.05) is 0 Å². The number of hydrogen-bond acceptors (Lipinski definition) is 3. The summed E-state index contributed by atoms with van der Waals surface area (Å²) in [4.78, 5) is 11.5. The summed E-state index contributed by atoms with van der Waals surface area (Å²) < 4.78 is 4.87. The number of rotatable bonds is 5. The average molecular weight is 191 g/mol. The molecular weight excluding hydrogens is 170 g/mol. The highest BCUT2D eigenvalue weighted by Crippen LogP contribution is 1.81. The van der Waals surface area contributed by atoms with Gasteiger partial charge in [-0.25, -0.2) is 0 Å². The summed E-state index contributed by atoms with van der Waals surface area (Å²) in [5.74, 6) is -0.745. The molecule has 0 unspecified atom stereocenters. The van der Waals surface area contributed by atoms with Gasteiger partial charge in [0.25, 0.3) is 0 Å². The minimum atomic E-state index is -0.745. The molecule has 0 fully saturated rings. The molecule has 0 atom stereocenters. The molecule has 0 aromatic rings. The second-order valence-electron chi connectivity index (χ2n) is 2.90. The minimum Gasteiger partial charge on any atom is -0.481 e. The summed E-state index contributed by atoms with van der Waals surface area (Å²) in [6, 6.07) is 0. The molecule has 80 valence electrons. The maximum atomic E-state index is 9.37. The zero-order chi connectivity index (χ0) is 10.7. The Kier molecular flexibility index (Phi) is 13.0. The van der Waals surface area contributed by atoms with E-state index < -0.39 is 5.97 Å². The first-order chi connectivity index (χ1) is 6.04. The van der Waals surface area contributed by atoms with E-state index in [-0.39, 0.29) is 6.42 Å². The first kappa shape index (κ1) is 14.9. The third-order valence-electron chi connectivity index (χ3n) is 1.26. The molecule has 0 aromatic heterocycles. The lowest BCUT2D eigenvalue weighted by molar-refractivity contribution is -0.136. The van der Waals surface area contributed by atoms with Gasteiger partial charge in [-0.3, -0.25) is 4.79 Å². The largest absolute Gasteiger partial charge is 0.481 e. The number of carboxylic acids is 1. The molecule has 0 aromatic carbocycles. The molecule has 0 radical (unpaired) electrons. The quantitative estimate of drug-likeness (QED) is 0.660. The Morgan fingerprint density at radius 2 is 1.92 bits per heavy atom. The van der Waals surface area contributed by atoms with Gasteiger partial charge < -0.3 is 14.7 Å². The molecule has 13 heavy (non-hydrogen) atoms. The van der Waals surface area contributed by atoms with Crippen LogP contribution in [-0.4, -0.2) is 50.3 Å². The molecule has 0 amide bonds. The highest BCUT2D eigenvalue weighted by Gasteiger charge is 1.86. The molecule has 4 heteroatoms. The van der Waals surface area contributed by atoms with Crippen LogP contribution in [0, 0.1) is 0 Å². The predicted molar refractivity (Wildman–Crippen MR) is 53.0 cm³/mol. The van der Waals surface area contributed by atoms with Gasteiger partial charge in [-0.2, -0.15) is 0 Å². The molecule has 0 aliphatic rings. The number of ether oxygens (including phenoxy) is 1. The van der Waals surface area contributed by atoms with Crippen LogP contribution < -0.4 is 0 Å². The van der Waals surface area contributed by atoms with Crippen LogP contribution in [-0.2, 0) is 9.53 Å². The van der Waals surface area contributed by atoms with Gasteiger partial charge in [-0.15, -0.1) is 0 Å². The molecule has 0 rings (SSSR count). The Hall–Kier alpha value is -0.610. The van der Waals surface area contributed by atoms with Gasteiger partial charge in [0, 0.05) is 20.1 Å². The summed E-state index contributed by atoms with van der Waals surface area (Å²) >= 11 is 0. The van der Waals surface area contributed by atoms with E-state index in [1.54, 1.807) is 14.0 Å². The van der Waals surface area contributed by atoms with Crippen molar-refractivity contribution in [1.82, 2.24) is 4.90 Å². The standard InChI is InChI=1S/C6H15NO.C3H6O2/c1-7(2)5-4-6-8-3;1-2-3(4)5/h4-6H2,1-3H3;2H2,1H3,(H,4,5). The topological polar surface area (TPSA) is 49.8 Å². The highest BCUT2D eigenvalue weighted by molar-refractivity contribution is 5.66. The number of methoxy groups -OCH3 is 1. The predicted octanol–water partition coefficient (Wildman–Crippen LogP) is 1.07. The van der Waals surface area contributed by atoms with Crippen molar-refractivity contribution in [2.24, 2.45) is 0 Å². The van der Waals surface area contributed by atoms with Crippen LogP contribution in [0.3, 0.4) is 0 Å². The number of carboxylic acid groups (broad SMARTS) is 1. The Bertz CT molecular complexity index is 115. The lowest BCUT2D eigenvalue weighted by Gasteiger charge is -2.07. The first-order valence-corrected chi connectivity index (χ1v) is 4.40. The van der Waals surface area contributed by atoms with Gasteiger partial charge in [0.1, 0.15) is 0 Å². The Balaban J connectivity index is 0. The zero-order valence-corrected chi connectivity index (χ0v) is 9.04. The fourth-order valence-corrected chi connectivity index (χ4v) is 0.525. The van der Waals surface area contributed by atoms with Crippen molar-refractivity contribution in [3.8, 4) is 0 Å². The Labute approximate surface area is 80.5 Å². The second kappa shape index (κ2) is 11.4. The molecule has 0 aliphatic heterocycles. The lowest BCUT2D eigenvalue weighted by Crippen LogP contribution is -2.14. The molecule has 0 saturated carbocycles. The van der Waals surface area contributed by atoms with Crippen molar-refractivity contribution in [1.29, 1.82) is 0 Å². The van der Waals surface area contributed by atoms with Crippen molar-refractivity contribution in [2.45, 2.75) is 19.8 Å². The minimum absolute atomic E-state index is 0.222. The average Bonchev–Trinajstić information content (AvgIpc) is 2.05. The SMILES string of the molecule is CCC(=O)O.COCCCN(C)C. The van der Waals surface area contributed by atoms with Crippen LogP contribution in [0.5, 0.6) is 0 Å². The van der Waals surface area contributed by atoms with E-state index in [4.69, 9.17) is 9.84 Å². The van der Waals surface area contributed by atoms with Crippen molar-refractivity contribution >= 4 is 5.97 Å². The summed E-state index contributed by atoms with van der Waals surface area (Å²) in [7, 11) is 5.86. The summed E-state index contributed by atoms with van der Waals surface area (Å²) in [5.41, 5.74) is 0. The monoisotopic (exact) mass is 191 g/mol. The van der Waals surface area contributed by atoms with Crippen molar-refractivity contribution in [2.75, 3.05) is 34.4 Å². The van der Waals surface area contributed by atoms with Crippen LogP contribution in [0.2, 0.25) is 0 Å². The van der Waals surface area contributed by atoms with Gasteiger partial charge in [-0.05, 0) is 27.1 Å². The molecule has 0 aliphatic carbocycles. The summed E-state index contributed by atoms with van der Waals surface area (Å²) in [5, 5.41) is 7.72. The maximum Gasteiger partial charge on any atom is 0.303 e. The fraction of sp³-hybridized carbons (Fsp3) is 0.889. The van der Waals surface area contributed by atoms with Crippen molar-refractivity contribution in [3.63, 3.8) is 0 Å². The van der Waals surface area contributed by atoms with Crippen molar-refractivity contribution < 1.29 is 14.6 Å². The van der Waals surface area contributed by atoms with E-state index in [9.17, 15) is 4.79 Å². The normalized spacial score (nSPS) is 9.31. The summed E-state index contributed by atoms with van der Waals surface area (Å²) in [6.45, 7) is 3.59. The van der Waals surface area contributed by atoms with E-state index in [0.717, 1.165) is 19.6 Å². The van der Waals surface area contributed by atoms with E-state index in [0.29, 0.717) is 0 Å². The number of nitrogens with zero attached hydrogens (tertiary/aromatic N) is 1. The Morgan fingerprint density at radius 1 is 1.46 bits per heavy atom. The van der Waals surface area contributed by atoms with Crippen LogP contribution in [0.25, 0.3) is 0 Å². The molecule has 0 bridgehead atoms. The molecule has 0 saturated heterocycles. The second-order valence-corrected chi connectivity index (χ2v) is 2.90. The van der Waals surface area contributed by atoms with E-state index >= 15 is 0 Å². The molecule has 0 spiro atoms. The van der Waals surface area contributed by atoms with Gasteiger partial charge in [0.05, 0.1) is 0 Å². The lowest BCUT2D eigenvalue weighted by atomic mass is 10.4. The van der Waals surface area contributed by atoms with Crippen LogP contribution in [0.15, 0.2) is 0 Å². The zero-order valence-electron chi connectivity index (χ0n) is 9.04.